The standard InChI is InChI=1S/C12H13N3O3/c1-8(18-2)11-9(12(16)17)7-14-15(11)10-5-3-4-6-13-10/h3-8H,1-2H3,(H,16,17). The minimum Gasteiger partial charge on any atom is -0.478 e. The van der Waals surface area contributed by atoms with Gasteiger partial charge in [-0.2, -0.15) is 5.10 Å². The summed E-state index contributed by atoms with van der Waals surface area (Å²) in [5, 5.41) is 13.2. The molecule has 1 N–H and O–H groups in total. The molecule has 18 heavy (non-hydrogen) atoms. The molecule has 0 bridgehead atoms. The smallest absolute Gasteiger partial charge is 0.339 e. The lowest BCUT2D eigenvalue weighted by Crippen LogP contribution is -2.12. The molecule has 2 aromatic heterocycles. The van der Waals surface area contributed by atoms with Crippen molar-refractivity contribution in [2.24, 2.45) is 0 Å². The Kier molecular flexibility index (Phi) is 3.38. The molecule has 0 saturated carbocycles. The number of aromatic nitrogens is 3. The summed E-state index contributed by atoms with van der Waals surface area (Å²) in [6, 6.07) is 5.35. The van der Waals surface area contributed by atoms with Gasteiger partial charge in [0.2, 0.25) is 0 Å². The van der Waals surface area contributed by atoms with Crippen molar-refractivity contribution in [1.82, 2.24) is 14.8 Å². The third kappa shape index (κ3) is 2.10. The molecule has 0 aliphatic heterocycles. The number of carboxylic acid groups (broad SMARTS) is 1. The van der Waals surface area contributed by atoms with Crippen LogP contribution in [0, 0.1) is 0 Å². The van der Waals surface area contributed by atoms with E-state index < -0.39 is 5.97 Å². The molecule has 2 heterocycles. The number of pyridine rings is 1. The van der Waals surface area contributed by atoms with Crippen molar-refractivity contribution in [2.75, 3.05) is 7.11 Å². The van der Waals surface area contributed by atoms with E-state index in [0.717, 1.165) is 0 Å². The van der Waals surface area contributed by atoms with Crippen LogP contribution in [-0.4, -0.2) is 33.0 Å². The monoisotopic (exact) mass is 247 g/mol. The van der Waals surface area contributed by atoms with Crippen molar-refractivity contribution in [1.29, 1.82) is 0 Å². The molecule has 0 fully saturated rings. The van der Waals surface area contributed by atoms with E-state index in [2.05, 4.69) is 10.1 Å². The Morgan fingerprint density at radius 1 is 1.50 bits per heavy atom. The molecule has 0 radical (unpaired) electrons. The van der Waals surface area contributed by atoms with E-state index in [9.17, 15) is 4.79 Å². The first-order valence-corrected chi connectivity index (χ1v) is 5.40. The zero-order valence-electron chi connectivity index (χ0n) is 10.1. The van der Waals surface area contributed by atoms with Gasteiger partial charge in [0.25, 0.3) is 0 Å². The van der Waals surface area contributed by atoms with Gasteiger partial charge in [0.05, 0.1) is 18.0 Å². The fourth-order valence-corrected chi connectivity index (χ4v) is 1.69. The molecule has 0 aromatic carbocycles. The van der Waals surface area contributed by atoms with Gasteiger partial charge >= 0.3 is 5.97 Å². The lowest BCUT2D eigenvalue weighted by atomic mass is 10.1. The molecule has 0 saturated heterocycles. The van der Waals surface area contributed by atoms with Crippen molar-refractivity contribution in [3.63, 3.8) is 0 Å². The Bertz CT molecular complexity index is 551. The fraction of sp³-hybridized carbons (Fsp3) is 0.250. The lowest BCUT2D eigenvalue weighted by molar-refractivity contribution is 0.0681. The molecule has 0 amide bonds. The van der Waals surface area contributed by atoms with Gasteiger partial charge in [-0.15, -0.1) is 0 Å². The largest absolute Gasteiger partial charge is 0.478 e. The predicted molar refractivity (Wildman–Crippen MR) is 63.7 cm³/mol. The molecule has 1 unspecified atom stereocenters. The van der Waals surface area contributed by atoms with Crippen LogP contribution in [0.3, 0.4) is 0 Å². The molecule has 1 atom stereocenters. The SMILES string of the molecule is COC(C)c1c(C(=O)O)cnn1-c1ccccn1. The Morgan fingerprint density at radius 3 is 2.83 bits per heavy atom. The van der Waals surface area contributed by atoms with Crippen molar-refractivity contribution < 1.29 is 14.6 Å². The van der Waals surface area contributed by atoms with Crippen molar-refractivity contribution >= 4 is 5.97 Å². The first kappa shape index (κ1) is 12.3. The van der Waals surface area contributed by atoms with Gasteiger partial charge in [0.15, 0.2) is 5.82 Å². The van der Waals surface area contributed by atoms with Gasteiger partial charge in [-0.1, -0.05) is 6.07 Å². The highest BCUT2D eigenvalue weighted by Gasteiger charge is 2.22. The van der Waals surface area contributed by atoms with Crippen LogP contribution in [0.25, 0.3) is 5.82 Å². The summed E-state index contributed by atoms with van der Waals surface area (Å²) >= 11 is 0. The Labute approximate surface area is 104 Å². The Morgan fingerprint density at radius 2 is 2.28 bits per heavy atom. The van der Waals surface area contributed by atoms with Crippen LogP contribution in [0.2, 0.25) is 0 Å². The number of carbonyl (C=O) groups is 1. The van der Waals surface area contributed by atoms with Crippen LogP contribution in [0.15, 0.2) is 30.6 Å². The quantitative estimate of drug-likeness (QED) is 0.889. The number of aromatic carboxylic acids is 1. The minimum absolute atomic E-state index is 0.120. The predicted octanol–water partition coefficient (Wildman–Crippen LogP) is 1.67. The summed E-state index contributed by atoms with van der Waals surface area (Å²) in [4.78, 5) is 15.3. The summed E-state index contributed by atoms with van der Waals surface area (Å²) in [5.74, 6) is -0.472. The van der Waals surface area contributed by atoms with Crippen LogP contribution < -0.4 is 0 Å². The summed E-state index contributed by atoms with van der Waals surface area (Å²) in [6.07, 6.45) is 2.54. The van der Waals surface area contributed by atoms with Crippen LogP contribution in [-0.2, 0) is 4.74 Å². The van der Waals surface area contributed by atoms with Gasteiger partial charge in [-0.25, -0.2) is 14.5 Å². The molecule has 2 aromatic rings. The van der Waals surface area contributed by atoms with Gasteiger partial charge in [-0.3, -0.25) is 0 Å². The molecule has 6 nitrogen and oxygen atoms in total. The number of rotatable bonds is 4. The van der Waals surface area contributed by atoms with Crippen LogP contribution >= 0.6 is 0 Å². The van der Waals surface area contributed by atoms with Crippen LogP contribution in [0.5, 0.6) is 0 Å². The molecule has 94 valence electrons. The number of nitrogens with zero attached hydrogens (tertiary/aromatic N) is 3. The lowest BCUT2D eigenvalue weighted by Gasteiger charge is -2.13. The zero-order chi connectivity index (χ0) is 13.1. The second kappa shape index (κ2) is 4.97. The average Bonchev–Trinajstić information content (AvgIpc) is 2.83. The van der Waals surface area contributed by atoms with E-state index in [-0.39, 0.29) is 11.7 Å². The normalized spacial score (nSPS) is 12.3. The van der Waals surface area contributed by atoms with E-state index in [1.165, 1.54) is 18.0 Å². The van der Waals surface area contributed by atoms with Crippen molar-refractivity contribution in [3.05, 3.63) is 41.9 Å². The highest BCUT2D eigenvalue weighted by molar-refractivity contribution is 5.89. The fourth-order valence-electron chi connectivity index (χ4n) is 1.69. The van der Waals surface area contributed by atoms with Crippen LogP contribution in [0.1, 0.15) is 29.1 Å². The van der Waals surface area contributed by atoms with Crippen LogP contribution in [0.4, 0.5) is 0 Å². The van der Waals surface area contributed by atoms with E-state index in [4.69, 9.17) is 9.84 Å². The average molecular weight is 247 g/mol. The summed E-state index contributed by atoms with van der Waals surface area (Å²) < 4.78 is 6.68. The van der Waals surface area contributed by atoms with E-state index in [1.54, 1.807) is 25.3 Å². The van der Waals surface area contributed by atoms with Crippen molar-refractivity contribution in [2.45, 2.75) is 13.0 Å². The highest BCUT2D eigenvalue weighted by atomic mass is 16.5. The van der Waals surface area contributed by atoms with E-state index >= 15 is 0 Å². The second-order valence-corrected chi connectivity index (χ2v) is 3.73. The maximum atomic E-state index is 11.2. The summed E-state index contributed by atoms with van der Waals surface area (Å²) in [7, 11) is 1.52. The molecule has 0 spiro atoms. The molecular formula is C12H13N3O3. The molecule has 0 aliphatic rings. The second-order valence-electron chi connectivity index (χ2n) is 3.73. The first-order valence-electron chi connectivity index (χ1n) is 5.40. The number of ether oxygens (including phenoxy) is 1. The Hall–Kier alpha value is -2.21. The number of methoxy groups -OCH3 is 1. The number of carboxylic acids is 1. The van der Waals surface area contributed by atoms with E-state index in [1.807, 2.05) is 6.07 Å². The molecule has 2 rings (SSSR count). The van der Waals surface area contributed by atoms with E-state index in [0.29, 0.717) is 11.5 Å². The maximum Gasteiger partial charge on any atom is 0.339 e. The summed E-state index contributed by atoms with van der Waals surface area (Å²) in [5.41, 5.74) is 0.596. The number of hydrogen-bond acceptors (Lipinski definition) is 4. The van der Waals surface area contributed by atoms with Gasteiger partial charge < -0.3 is 9.84 Å². The Balaban J connectivity index is 2.58. The van der Waals surface area contributed by atoms with Gasteiger partial charge in [0, 0.05) is 13.3 Å². The zero-order valence-corrected chi connectivity index (χ0v) is 10.1. The topological polar surface area (TPSA) is 77.2 Å². The minimum atomic E-state index is -1.03. The van der Waals surface area contributed by atoms with Gasteiger partial charge in [-0.05, 0) is 19.1 Å². The third-order valence-corrected chi connectivity index (χ3v) is 2.64. The first-order chi connectivity index (χ1) is 8.65. The highest BCUT2D eigenvalue weighted by Crippen LogP contribution is 2.22. The molecule has 0 aliphatic carbocycles. The maximum absolute atomic E-state index is 11.2. The summed E-state index contributed by atoms with van der Waals surface area (Å²) in [6.45, 7) is 1.77. The molecular weight excluding hydrogens is 234 g/mol. The number of hydrogen-bond donors (Lipinski definition) is 1. The third-order valence-electron chi connectivity index (χ3n) is 2.64. The molecule has 6 heteroatoms. The van der Waals surface area contributed by atoms with Gasteiger partial charge in [0.1, 0.15) is 5.56 Å². The van der Waals surface area contributed by atoms with Crippen molar-refractivity contribution in [3.8, 4) is 5.82 Å².